The van der Waals surface area contributed by atoms with Crippen LogP contribution in [0.3, 0.4) is 0 Å². The van der Waals surface area contributed by atoms with Crippen molar-refractivity contribution in [1.82, 2.24) is 9.55 Å². The van der Waals surface area contributed by atoms with E-state index in [1.807, 2.05) is 18.2 Å². The van der Waals surface area contributed by atoms with E-state index in [-0.39, 0.29) is 17.8 Å². The predicted octanol–water partition coefficient (Wildman–Crippen LogP) is 2.35. The minimum Gasteiger partial charge on any atom is -0.301 e. The molecule has 6 heteroatoms. The van der Waals surface area contributed by atoms with Crippen LogP contribution < -0.4 is 5.56 Å². The third-order valence-corrected chi connectivity index (χ3v) is 3.21. The predicted molar refractivity (Wildman–Crippen MR) is 78.2 cm³/mol. The van der Waals surface area contributed by atoms with Crippen molar-refractivity contribution in [2.24, 2.45) is 0 Å². The van der Waals surface area contributed by atoms with Gasteiger partial charge in [0.25, 0.3) is 11.2 Å². The van der Waals surface area contributed by atoms with Crippen LogP contribution in [0.5, 0.6) is 0 Å². The third-order valence-electron chi connectivity index (χ3n) is 3.21. The summed E-state index contributed by atoms with van der Waals surface area (Å²) in [5.74, 6) is 0. The molecule has 6 nitrogen and oxygen atoms in total. The Morgan fingerprint density at radius 1 is 1.14 bits per heavy atom. The van der Waals surface area contributed by atoms with Crippen LogP contribution in [0, 0.1) is 10.1 Å². The zero-order valence-corrected chi connectivity index (χ0v) is 11.0. The Bertz CT molecular complexity index is 886. The van der Waals surface area contributed by atoms with Crippen molar-refractivity contribution < 1.29 is 4.92 Å². The number of para-hydroxylation sites is 2. The molecule has 1 aromatic heterocycles. The summed E-state index contributed by atoms with van der Waals surface area (Å²) in [4.78, 5) is 26.5. The van der Waals surface area contributed by atoms with Crippen molar-refractivity contribution in [3.8, 4) is 0 Å². The lowest BCUT2D eigenvalue weighted by Gasteiger charge is -2.09. The molecule has 0 radical (unpaired) electrons. The molecule has 2 aromatic carbocycles. The number of fused-ring (bicyclic) bond motifs is 1. The summed E-state index contributed by atoms with van der Waals surface area (Å²) in [6.07, 6.45) is 1.26. The standard InChI is InChI=1S/C15H11N3O3/c19-15-9-16-13-6-1-2-7-14(13)17(15)10-11-4-3-5-12(8-11)18(20)21/h1-9H,10H2. The summed E-state index contributed by atoms with van der Waals surface area (Å²) in [6.45, 7) is 0.267. The first-order valence-electron chi connectivity index (χ1n) is 6.33. The summed E-state index contributed by atoms with van der Waals surface area (Å²) in [6, 6.07) is 13.6. The molecule has 21 heavy (non-hydrogen) atoms. The number of benzene rings is 2. The molecule has 104 valence electrons. The summed E-state index contributed by atoms with van der Waals surface area (Å²) >= 11 is 0. The molecular formula is C15H11N3O3. The largest absolute Gasteiger partial charge is 0.301 e. The molecule has 0 spiro atoms. The van der Waals surface area contributed by atoms with Crippen LogP contribution in [-0.4, -0.2) is 14.5 Å². The Hall–Kier alpha value is -3.02. The van der Waals surface area contributed by atoms with Crippen LogP contribution >= 0.6 is 0 Å². The van der Waals surface area contributed by atoms with Crippen molar-refractivity contribution in [3.05, 3.63) is 80.8 Å². The van der Waals surface area contributed by atoms with E-state index in [0.717, 1.165) is 0 Å². The normalized spacial score (nSPS) is 10.7. The molecule has 0 unspecified atom stereocenters. The Labute approximate surface area is 119 Å². The maximum Gasteiger partial charge on any atom is 0.269 e. The molecule has 1 heterocycles. The van der Waals surface area contributed by atoms with E-state index in [0.29, 0.717) is 16.6 Å². The number of nitro groups is 1. The zero-order chi connectivity index (χ0) is 14.8. The van der Waals surface area contributed by atoms with Gasteiger partial charge >= 0.3 is 0 Å². The van der Waals surface area contributed by atoms with E-state index in [1.54, 1.807) is 22.8 Å². The van der Waals surface area contributed by atoms with Crippen LogP contribution in [-0.2, 0) is 6.54 Å². The number of non-ortho nitro benzene ring substituents is 1. The second-order valence-corrected chi connectivity index (χ2v) is 4.60. The summed E-state index contributed by atoms with van der Waals surface area (Å²) in [7, 11) is 0. The highest BCUT2D eigenvalue weighted by Crippen LogP contribution is 2.15. The van der Waals surface area contributed by atoms with Crippen LogP contribution in [0.1, 0.15) is 5.56 Å². The molecule has 0 saturated heterocycles. The van der Waals surface area contributed by atoms with E-state index in [2.05, 4.69) is 4.98 Å². The van der Waals surface area contributed by atoms with Gasteiger partial charge < -0.3 is 4.57 Å². The molecule has 3 aromatic rings. The van der Waals surface area contributed by atoms with Crippen molar-refractivity contribution >= 4 is 16.7 Å². The Morgan fingerprint density at radius 2 is 1.95 bits per heavy atom. The minimum absolute atomic E-state index is 0.0129. The fourth-order valence-electron chi connectivity index (χ4n) is 2.23. The monoisotopic (exact) mass is 281 g/mol. The van der Waals surface area contributed by atoms with Crippen LogP contribution in [0.2, 0.25) is 0 Å². The van der Waals surface area contributed by atoms with Crippen molar-refractivity contribution in [2.45, 2.75) is 6.54 Å². The smallest absolute Gasteiger partial charge is 0.269 e. The van der Waals surface area contributed by atoms with Crippen LogP contribution in [0.25, 0.3) is 11.0 Å². The molecule has 0 atom stereocenters. The number of aromatic nitrogens is 2. The van der Waals surface area contributed by atoms with Gasteiger partial charge in [0.15, 0.2) is 0 Å². The quantitative estimate of drug-likeness (QED) is 0.545. The highest BCUT2D eigenvalue weighted by Gasteiger charge is 2.08. The molecule has 0 aliphatic carbocycles. The highest BCUT2D eigenvalue weighted by molar-refractivity contribution is 5.74. The number of hydrogen-bond acceptors (Lipinski definition) is 4. The van der Waals surface area contributed by atoms with Gasteiger partial charge in [-0.05, 0) is 17.7 Å². The lowest BCUT2D eigenvalue weighted by molar-refractivity contribution is -0.384. The van der Waals surface area contributed by atoms with E-state index < -0.39 is 4.92 Å². The SMILES string of the molecule is O=c1cnc2ccccc2n1Cc1cccc([N+](=O)[O-])c1. The van der Waals surface area contributed by atoms with Gasteiger partial charge in [-0.25, -0.2) is 4.98 Å². The van der Waals surface area contributed by atoms with E-state index in [4.69, 9.17) is 0 Å². The maximum absolute atomic E-state index is 12.0. The third kappa shape index (κ3) is 2.51. The van der Waals surface area contributed by atoms with E-state index in [1.165, 1.54) is 18.3 Å². The van der Waals surface area contributed by atoms with Gasteiger partial charge in [-0.1, -0.05) is 24.3 Å². The summed E-state index contributed by atoms with van der Waals surface area (Å²) in [5.41, 5.74) is 1.89. The summed E-state index contributed by atoms with van der Waals surface area (Å²) in [5, 5.41) is 10.8. The molecule has 0 aliphatic heterocycles. The molecule has 0 saturated carbocycles. The second-order valence-electron chi connectivity index (χ2n) is 4.60. The first-order chi connectivity index (χ1) is 10.1. The van der Waals surface area contributed by atoms with Gasteiger partial charge in [-0.3, -0.25) is 14.9 Å². The number of nitrogens with zero attached hydrogens (tertiary/aromatic N) is 3. The van der Waals surface area contributed by atoms with Gasteiger partial charge in [0, 0.05) is 12.1 Å². The number of hydrogen-bond donors (Lipinski definition) is 0. The molecule has 0 N–H and O–H groups in total. The van der Waals surface area contributed by atoms with Gasteiger partial charge in [-0.2, -0.15) is 0 Å². The lowest BCUT2D eigenvalue weighted by Crippen LogP contribution is -2.21. The van der Waals surface area contributed by atoms with Gasteiger partial charge in [-0.15, -0.1) is 0 Å². The topological polar surface area (TPSA) is 78.0 Å². The number of nitro benzene ring substituents is 1. The molecule has 0 bridgehead atoms. The fraction of sp³-hybridized carbons (Fsp3) is 0.0667. The lowest BCUT2D eigenvalue weighted by atomic mass is 10.2. The molecule has 0 aliphatic rings. The zero-order valence-electron chi connectivity index (χ0n) is 11.0. The number of rotatable bonds is 3. The fourth-order valence-corrected chi connectivity index (χ4v) is 2.23. The maximum atomic E-state index is 12.0. The Balaban J connectivity index is 2.10. The first kappa shape index (κ1) is 13.0. The average Bonchev–Trinajstić information content (AvgIpc) is 2.50. The summed E-state index contributed by atoms with van der Waals surface area (Å²) < 4.78 is 1.56. The van der Waals surface area contributed by atoms with Gasteiger partial charge in [0.2, 0.25) is 0 Å². The van der Waals surface area contributed by atoms with E-state index >= 15 is 0 Å². The Morgan fingerprint density at radius 3 is 2.76 bits per heavy atom. The first-order valence-corrected chi connectivity index (χ1v) is 6.33. The van der Waals surface area contributed by atoms with Gasteiger partial charge in [0.1, 0.15) is 0 Å². The molecule has 3 rings (SSSR count). The van der Waals surface area contributed by atoms with Crippen LogP contribution in [0.4, 0.5) is 5.69 Å². The van der Waals surface area contributed by atoms with Crippen molar-refractivity contribution in [1.29, 1.82) is 0 Å². The van der Waals surface area contributed by atoms with Crippen LogP contribution in [0.15, 0.2) is 59.5 Å². The van der Waals surface area contributed by atoms with Gasteiger partial charge in [0.05, 0.1) is 28.7 Å². The average molecular weight is 281 g/mol. The second kappa shape index (κ2) is 5.16. The Kier molecular flexibility index (Phi) is 3.19. The highest BCUT2D eigenvalue weighted by atomic mass is 16.6. The molecular weight excluding hydrogens is 270 g/mol. The van der Waals surface area contributed by atoms with E-state index in [9.17, 15) is 14.9 Å². The molecule has 0 fully saturated rings. The van der Waals surface area contributed by atoms with Crippen molar-refractivity contribution in [2.75, 3.05) is 0 Å². The van der Waals surface area contributed by atoms with Crippen molar-refractivity contribution in [3.63, 3.8) is 0 Å². The minimum atomic E-state index is -0.447. The molecule has 0 amide bonds.